The smallest absolute Gasteiger partial charge is 0.234 e. The molecule has 0 radical (unpaired) electrons. The monoisotopic (exact) mass is 319 g/mol. The molecule has 1 aromatic rings. The van der Waals surface area contributed by atoms with Crippen molar-refractivity contribution in [1.29, 1.82) is 0 Å². The zero-order valence-corrected chi connectivity index (χ0v) is 9.82. The summed E-state index contributed by atoms with van der Waals surface area (Å²) in [4.78, 5) is 24.0. The number of halogens is 2. The number of anilines is 1. The highest BCUT2D eigenvalue weighted by Crippen LogP contribution is 2.27. The molecule has 1 fully saturated rings. The Balaban J connectivity index is 2.45. The maximum Gasteiger partial charge on any atom is 0.234 e. The third-order valence-electron chi connectivity index (χ3n) is 2.20. The van der Waals surface area contributed by atoms with Crippen molar-refractivity contribution in [1.82, 2.24) is 0 Å². The van der Waals surface area contributed by atoms with Crippen LogP contribution in [0.4, 0.5) is 10.1 Å². The molecule has 1 aliphatic rings. The van der Waals surface area contributed by atoms with Gasteiger partial charge < -0.3 is 0 Å². The van der Waals surface area contributed by atoms with Gasteiger partial charge in [-0.25, -0.2) is 9.29 Å². The van der Waals surface area contributed by atoms with Crippen LogP contribution in [0.2, 0.25) is 0 Å². The van der Waals surface area contributed by atoms with Crippen LogP contribution in [-0.4, -0.2) is 11.8 Å². The lowest BCUT2D eigenvalue weighted by molar-refractivity contribution is -0.121. The molecule has 0 N–H and O–H groups in total. The van der Waals surface area contributed by atoms with Crippen molar-refractivity contribution in [3.63, 3.8) is 0 Å². The first kappa shape index (κ1) is 10.5. The quantitative estimate of drug-likeness (QED) is 0.587. The number of nitrogens with zero attached hydrogens (tertiary/aromatic N) is 1. The zero-order valence-electron chi connectivity index (χ0n) is 7.67. The average Bonchev–Trinajstić information content (AvgIpc) is 2.48. The van der Waals surface area contributed by atoms with Crippen LogP contribution in [0.3, 0.4) is 0 Å². The standard InChI is InChI=1S/C10H7FINO2/c11-6-1-2-8(7(12)5-6)13-9(14)3-4-10(13)15/h1-2,5H,3-4H2. The molecular formula is C10H7FINO2. The van der Waals surface area contributed by atoms with Gasteiger partial charge in [-0.2, -0.15) is 0 Å². The number of amides is 2. The molecule has 0 saturated carbocycles. The summed E-state index contributed by atoms with van der Waals surface area (Å²) in [7, 11) is 0. The number of benzene rings is 1. The van der Waals surface area contributed by atoms with Gasteiger partial charge in [0, 0.05) is 16.4 Å². The van der Waals surface area contributed by atoms with Crippen LogP contribution in [0.15, 0.2) is 18.2 Å². The number of carbonyl (C=O) groups is 2. The van der Waals surface area contributed by atoms with Crippen LogP contribution < -0.4 is 4.90 Å². The summed E-state index contributed by atoms with van der Waals surface area (Å²) in [6.07, 6.45) is 0.485. The molecule has 0 unspecified atom stereocenters. The third kappa shape index (κ3) is 1.88. The zero-order chi connectivity index (χ0) is 11.0. The highest BCUT2D eigenvalue weighted by molar-refractivity contribution is 14.1. The van der Waals surface area contributed by atoms with E-state index in [9.17, 15) is 14.0 Å². The number of imide groups is 1. The third-order valence-corrected chi connectivity index (χ3v) is 3.07. The second-order valence-electron chi connectivity index (χ2n) is 3.22. The topological polar surface area (TPSA) is 37.4 Å². The van der Waals surface area contributed by atoms with Gasteiger partial charge in [-0.3, -0.25) is 9.59 Å². The first-order valence-electron chi connectivity index (χ1n) is 4.40. The summed E-state index contributed by atoms with van der Waals surface area (Å²) >= 11 is 1.91. The number of hydrogen-bond acceptors (Lipinski definition) is 2. The van der Waals surface area contributed by atoms with Crippen LogP contribution >= 0.6 is 22.6 Å². The lowest BCUT2D eigenvalue weighted by Crippen LogP contribution is -2.29. The van der Waals surface area contributed by atoms with Gasteiger partial charge in [0.05, 0.1) is 5.69 Å². The van der Waals surface area contributed by atoms with Gasteiger partial charge in [0.25, 0.3) is 0 Å². The molecule has 1 saturated heterocycles. The molecule has 0 aliphatic carbocycles. The van der Waals surface area contributed by atoms with E-state index < -0.39 is 0 Å². The van der Waals surface area contributed by atoms with Gasteiger partial charge in [0.1, 0.15) is 5.82 Å². The molecule has 2 amide bonds. The summed E-state index contributed by atoms with van der Waals surface area (Å²) in [5.41, 5.74) is 0.476. The average molecular weight is 319 g/mol. The first-order valence-corrected chi connectivity index (χ1v) is 5.48. The van der Waals surface area contributed by atoms with Gasteiger partial charge in [-0.05, 0) is 40.8 Å². The minimum atomic E-state index is -0.373. The Hall–Kier alpha value is -0.980. The normalized spacial score (nSPS) is 16.3. The Morgan fingerprint density at radius 3 is 2.33 bits per heavy atom. The number of carbonyl (C=O) groups excluding carboxylic acids is 2. The van der Waals surface area contributed by atoms with E-state index in [-0.39, 0.29) is 30.5 Å². The molecule has 1 aromatic carbocycles. The van der Waals surface area contributed by atoms with Crippen molar-refractivity contribution < 1.29 is 14.0 Å². The fourth-order valence-corrected chi connectivity index (χ4v) is 2.23. The molecule has 15 heavy (non-hydrogen) atoms. The van der Waals surface area contributed by atoms with E-state index in [1.54, 1.807) is 0 Å². The van der Waals surface area contributed by atoms with Crippen molar-refractivity contribution in [2.75, 3.05) is 4.90 Å². The number of rotatable bonds is 1. The molecule has 1 heterocycles. The minimum Gasteiger partial charge on any atom is -0.274 e. The SMILES string of the molecule is O=C1CCC(=O)N1c1ccc(F)cc1I. The van der Waals surface area contributed by atoms with E-state index in [4.69, 9.17) is 0 Å². The Morgan fingerprint density at radius 1 is 1.20 bits per heavy atom. The summed E-state index contributed by atoms with van der Waals surface area (Å²) in [6.45, 7) is 0. The van der Waals surface area contributed by atoms with Crippen molar-refractivity contribution >= 4 is 40.1 Å². The van der Waals surface area contributed by atoms with Crippen LogP contribution in [0.1, 0.15) is 12.8 Å². The summed E-state index contributed by atoms with van der Waals surface area (Å²) in [6, 6.07) is 4.00. The Bertz CT molecular complexity index is 431. The van der Waals surface area contributed by atoms with Crippen LogP contribution in [-0.2, 0) is 9.59 Å². The lowest BCUT2D eigenvalue weighted by atomic mass is 10.3. The summed E-state index contributed by atoms with van der Waals surface area (Å²) in [5, 5.41) is 0. The maximum atomic E-state index is 12.8. The summed E-state index contributed by atoms with van der Waals surface area (Å²) in [5.74, 6) is -0.809. The predicted octanol–water partition coefficient (Wildman–Crippen LogP) is 2.08. The molecular weight excluding hydrogens is 312 g/mol. The molecule has 0 bridgehead atoms. The van der Waals surface area contributed by atoms with Crippen LogP contribution in [0.5, 0.6) is 0 Å². The maximum absolute atomic E-state index is 12.8. The lowest BCUT2D eigenvalue weighted by Gasteiger charge is -2.15. The molecule has 0 spiro atoms. The highest BCUT2D eigenvalue weighted by Gasteiger charge is 2.31. The van der Waals surface area contributed by atoms with Gasteiger partial charge in [0.15, 0.2) is 0 Å². The van der Waals surface area contributed by atoms with Gasteiger partial charge >= 0.3 is 0 Å². The second kappa shape index (κ2) is 3.88. The predicted molar refractivity (Wildman–Crippen MR) is 60.8 cm³/mol. The first-order chi connectivity index (χ1) is 7.09. The molecule has 3 nitrogen and oxygen atoms in total. The molecule has 78 valence electrons. The molecule has 2 rings (SSSR count). The molecule has 0 aromatic heterocycles. The minimum absolute atomic E-state index is 0.218. The molecule has 5 heteroatoms. The van der Waals surface area contributed by atoms with Crippen molar-refractivity contribution in [3.8, 4) is 0 Å². The van der Waals surface area contributed by atoms with E-state index in [1.165, 1.54) is 18.2 Å². The molecule has 1 aliphatic heterocycles. The molecule has 0 atom stereocenters. The van der Waals surface area contributed by atoms with Crippen LogP contribution in [0.25, 0.3) is 0 Å². The van der Waals surface area contributed by atoms with Crippen molar-refractivity contribution in [2.45, 2.75) is 12.8 Å². The highest BCUT2D eigenvalue weighted by atomic mass is 127. The van der Waals surface area contributed by atoms with Gasteiger partial charge in [0.2, 0.25) is 11.8 Å². The van der Waals surface area contributed by atoms with E-state index in [2.05, 4.69) is 0 Å². The Labute approximate surface area is 99.4 Å². The number of hydrogen-bond donors (Lipinski definition) is 0. The van der Waals surface area contributed by atoms with E-state index >= 15 is 0 Å². The fraction of sp³-hybridized carbons (Fsp3) is 0.200. The Kier molecular flexibility index (Phi) is 2.72. The van der Waals surface area contributed by atoms with Crippen molar-refractivity contribution in [3.05, 3.63) is 27.6 Å². The van der Waals surface area contributed by atoms with E-state index in [0.717, 1.165) is 4.90 Å². The van der Waals surface area contributed by atoms with E-state index in [1.807, 2.05) is 22.6 Å². The second-order valence-corrected chi connectivity index (χ2v) is 4.38. The summed E-state index contributed by atoms with van der Waals surface area (Å²) < 4.78 is 13.4. The van der Waals surface area contributed by atoms with Crippen molar-refractivity contribution in [2.24, 2.45) is 0 Å². The largest absolute Gasteiger partial charge is 0.274 e. The van der Waals surface area contributed by atoms with E-state index in [0.29, 0.717) is 9.26 Å². The van der Waals surface area contributed by atoms with Crippen LogP contribution in [0, 0.1) is 9.39 Å². The van der Waals surface area contributed by atoms with Gasteiger partial charge in [-0.15, -0.1) is 0 Å². The Morgan fingerprint density at radius 2 is 1.80 bits per heavy atom. The fourth-order valence-electron chi connectivity index (χ4n) is 1.51. The van der Waals surface area contributed by atoms with Gasteiger partial charge in [-0.1, -0.05) is 0 Å².